The summed E-state index contributed by atoms with van der Waals surface area (Å²) in [5.41, 5.74) is 2.51. The van der Waals surface area contributed by atoms with Gasteiger partial charge in [-0.05, 0) is 24.6 Å². The molecule has 1 saturated heterocycles. The van der Waals surface area contributed by atoms with E-state index in [1.54, 1.807) is 22.5 Å². The molecule has 7 heteroatoms. The number of sulfonamides is 1. The molecule has 0 aliphatic carbocycles. The Hall–Kier alpha value is -2.09. The van der Waals surface area contributed by atoms with E-state index >= 15 is 0 Å². The Labute approximate surface area is 166 Å². The van der Waals surface area contributed by atoms with Gasteiger partial charge in [0.1, 0.15) is 0 Å². The molecular formula is C21H26N2O4S. The van der Waals surface area contributed by atoms with Gasteiger partial charge in [-0.3, -0.25) is 4.90 Å². The highest BCUT2D eigenvalue weighted by molar-refractivity contribution is 7.89. The maximum absolute atomic E-state index is 13.1. The van der Waals surface area contributed by atoms with Gasteiger partial charge in [0.25, 0.3) is 0 Å². The Morgan fingerprint density at radius 2 is 1.68 bits per heavy atom. The highest BCUT2D eigenvalue weighted by atomic mass is 32.2. The van der Waals surface area contributed by atoms with Gasteiger partial charge in [-0.1, -0.05) is 29.8 Å². The number of hydrogen-bond acceptors (Lipinski definition) is 5. The number of aryl methyl sites for hydroxylation is 1. The Bertz CT molecular complexity index is 937. The first-order chi connectivity index (χ1) is 13.5. The molecule has 2 aromatic carbocycles. The van der Waals surface area contributed by atoms with Crippen molar-refractivity contribution in [3.8, 4) is 11.5 Å². The molecule has 0 radical (unpaired) electrons. The molecule has 1 fully saturated rings. The van der Waals surface area contributed by atoms with Crippen LogP contribution >= 0.6 is 0 Å². The van der Waals surface area contributed by atoms with Gasteiger partial charge < -0.3 is 9.47 Å². The molecule has 150 valence electrons. The molecule has 6 nitrogen and oxygen atoms in total. The van der Waals surface area contributed by atoms with Crippen molar-refractivity contribution in [3.63, 3.8) is 0 Å². The van der Waals surface area contributed by atoms with Gasteiger partial charge in [-0.25, -0.2) is 8.42 Å². The lowest BCUT2D eigenvalue weighted by Crippen LogP contribution is -2.48. The molecule has 2 aliphatic rings. The minimum absolute atomic E-state index is 0.267. The quantitative estimate of drug-likeness (QED) is 0.787. The van der Waals surface area contributed by atoms with Crippen LogP contribution in [-0.4, -0.2) is 57.0 Å². The van der Waals surface area contributed by atoms with Gasteiger partial charge in [0.2, 0.25) is 10.0 Å². The summed E-state index contributed by atoms with van der Waals surface area (Å²) < 4.78 is 39.0. The van der Waals surface area contributed by atoms with E-state index < -0.39 is 10.0 Å². The molecule has 2 heterocycles. The summed E-state index contributed by atoms with van der Waals surface area (Å²) >= 11 is 0. The molecule has 4 rings (SSSR count). The Kier molecular flexibility index (Phi) is 5.57. The van der Waals surface area contributed by atoms with Gasteiger partial charge in [0.05, 0.1) is 18.1 Å². The molecule has 28 heavy (non-hydrogen) atoms. The van der Waals surface area contributed by atoms with Crippen molar-refractivity contribution in [2.75, 3.05) is 39.4 Å². The van der Waals surface area contributed by atoms with Crippen LogP contribution in [0.5, 0.6) is 11.5 Å². The summed E-state index contributed by atoms with van der Waals surface area (Å²) in [6, 6.07) is 13.4. The lowest BCUT2D eigenvalue weighted by atomic mass is 10.1. The molecule has 0 aromatic heterocycles. The summed E-state index contributed by atoms with van der Waals surface area (Å²) in [5.74, 6) is 1.12. The van der Waals surface area contributed by atoms with Crippen molar-refractivity contribution in [2.45, 2.75) is 24.8 Å². The second kappa shape index (κ2) is 8.11. The van der Waals surface area contributed by atoms with E-state index in [9.17, 15) is 8.42 Å². The van der Waals surface area contributed by atoms with Crippen LogP contribution in [0, 0.1) is 6.92 Å². The third kappa shape index (κ3) is 4.16. The standard InChI is InChI=1S/C21H26N2O4S/c1-17-4-2-5-18(14-17)16-22-8-10-23(11-9-22)28(24,25)19-6-7-20-21(15-19)27-13-3-12-26-20/h2,4-7,14-15H,3,8-13,16H2,1H3. The molecular weight excluding hydrogens is 376 g/mol. The third-order valence-corrected chi connectivity index (χ3v) is 7.07. The number of benzene rings is 2. The van der Waals surface area contributed by atoms with Crippen molar-refractivity contribution < 1.29 is 17.9 Å². The van der Waals surface area contributed by atoms with Crippen molar-refractivity contribution >= 4 is 10.0 Å². The molecule has 0 unspecified atom stereocenters. The van der Waals surface area contributed by atoms with Crippen LogP contribution in [-0.2, 0) is 16.6 Å². The van der Waals surface area contributed by atoms with Gasteiger partial charge in [-0.2, -0.15) is 4.31 Å². The van der Waals surface area contributed by atoms with Crippen LogP contribution in [0.2, 0.25) is 0 Å². The Morgan fingerprint density at radius 3 is 2.43 bits per heavy atom. The van der Waals surface area contributed by atoms with Crippen molar-refractivity contribution in [1.82, 2.24) is 9.21 Å². The van der Waals surface area contributed by atoms with Crippen LogP contribution in [0.1, 0.15) is 17.5 Å². The smallest absolute Gasteiger partial charge is 0.243 e. The first-order valence-corrected chi connectivity index (χ1v) is 11.1. The van der Waals surface area contributed by atoms with Gasteiger partial charge in [0.15, 0.2) is 11.5 Å². The maximum atomic E-state index is 13.1. The highest BCUT2D eigenvalue weighted by Crippen LogP contribution is 2.33. The zero-order valence-corrected chi connectivity index (χ0v) is 17.0. The second-order valence-electron chi connectivity index (χ2n) is 7.33. The van der Waals surface area contributed by atoms with Crippen LogP contribution < -0.4 is 9.47 Å². The predicted molar refractivity (Wildman–Crippen MR) is 107 cm³/mol. The topological polar surface area (TPSA) is 59.1 Å². The molecule has 0 amide bonds. The molecule has 0 bridgehead atoms. The van der Waals surface area contributed by atoms with E-state index in [2.05, 4.69) is 36.1 Å². The highest BCUT2D eigenvalue weighted by Gasteiger charge is 2.29. The molecule has 2 aliphatic heterocycles. The molecule has 0 spiro atoms. The number of ether oxygens (including phenoxy) is 2. The maximum Gasteiger partial charge on any atom is 0.243 e. The van der Waals surface area contributed by atoms with Gasteiger partial charge in [0, 0.05) is 45.2 Å². The van der Waals surface area contributed by atoms with Gasteiger partial charge >= 0.3 is 0 Å². The monoisotopic (exact) mass is 402 g/mol. The van der Waals surface area contributed by atoms with E-state index in [4.69, 9.17) is 9.47 Å². The Morgan fingerprint density at radius 1 is 0.929 bits per heavy atom. The van der Waals surface area contributed by atoms with E-state index in [0.717, 1.165) is 26.1 Å². The number of rotatable bonds is 4. The minimum atomic E-state index is -3.54. The number of fused-ring (bicyclic) bond motifs is 1. The summed E-state index contributed by atoms with van der Waals surface area (Å²) in [7, 11) is -3.54. The second-order valence-corrected chi connectivity index (χ2v) is 9.27. The van der Waals surface area contributed by atoms with Crippen molar-refractivity contribution in [1.29, 1.82) is 0 Å². The molecule has 0 saturated carbocycles. The van der Waals surface area contributed by atoms with Crippen LogP contribution in [0.25, 0.3) is 0 Å². The average molecular weight is 403 g/mol. The van der Waals surface area contributed by atoms with E-state index in [-0.39, 0.29) is 4.90 Å². The fourth-order valence-electron chi connectivity index (χ4n) is 3.65. The number of hydrogen-bond donors (Lipinski definition) is 0. The van der Waals surface area contributed by atoms with E-state index in [0.29, 0.717) is 37.8 Å². The Balaban J connectivity index is 1.43. The van der Waals surface area contributed by atoms with Crippen LogP contribution in [0.3, 0.4) is 0 Å². The number of piperazine rings is 1. The zero-order chi connectivity index (χ0) is 19.6. The third-order valence-electron chi connectivity index (χ3n) is 5.18. The molecule has 2 aromatic rings. The fraction of sp³-hybridized carbons (Fsp3) is 0.429. The summed E-state index contributed by atoms with van der Waals surface area (Å²) in [5, 5.41) is 0. The van der Waals surface area contributed by atoms with Crippen LogP contribution in [0.15, 0.2) is 47.4 Å². The minimum Gasteiger partial charge on any atom is -0.490 e. The number of nitrogens with zero attached hydrogens (tertiary/aromatic N) is 2. The SMILES string of the molecule is Cc1cccc(CN2CCN(S(=O)(=O)c3ccc4c(c3)OCCCO4)CC2)c1. The summed E-state index contributed by atoms with van der Waals surface area (Å²) in [4.78, 5) is 2.57. The van der Waals surface area contributed by atoms with Gasteiger partial charge in [-0.15, -0.1) is 0 Å². The normalized spacial score (nSPS) is 18.6. The summed E-state index contributed by atoms with van der Waals surface area (Å²) in [6.07, 6.45) is 0.791. The fourth-order valence-corrected chi connectivity index (χ4v) is 5.09. The average Bonchev–Trinajstić information content (AvgIpc) is 2.93. The lowest BCUT2D eigenvalue weighted by molar-refractivity contribution is 0.181. The first kappa shape index (κ1) is 19.2. The largest absolute Gasteiger partial charge is 0.490 e. The molecule has 0 N–H and O–H groups in total. The molecule has 0 atom stereocenters. The summed E-state index contributed by atoms with van der Waals surface area (Å²) in [6.45, 7) is 6.47. The lowest BCUT2D eigenvalue weighted by Gasteiger charge is -2.34. The predicted octanol–water partition coefficient (Wildman–Crippen LogP) is 2.66. The first-order valence-electron chi connectivity index (χ1n) is 9.70. The van der Waals surface area contributed by atoms with Crippen molar-refractivity contribution in [3.05, 3.63) is 53.6 Å². The van der Waals surface area contributed by atoms with E-state index in [1.807, 2.05) is 0 Å². The zero-order valence-electron chi connectivity index (χ0n) is 16.1. The van der Waals surface area contributed by atoms with Crippen molar-refractivity contribution in [2.24, 2.45) is 0 Å². The van der Waals surface area contributed by atoms with Crippen LogP contribution in [0.4, 0.5) is 0 Å². The van der Waals surface area contributed by atoms with E-state index in [1.165, 1.54) is 11.1 Å².